The zero-order valence-electron chi connectivity index (χ0n) is 17.2. The number of benzene rings is 3. The molecule has 1 saturated heterocycles. The van der Waals surface area contributed by atoms with E-state index >= 15 is 0 Å². The Hall–Kier alpha value is -2.77. The van der Waals surface area contributed by atoms with E-state index in [1.807, 2.05) is 73.3 Å². The first-order chi connectivity index (χ1) is 14.9. The molecule has 31 heavy (non-hydrogen) atoms. The Morgan fingerprint density at radius 1 is 1.00 bits per heavy atom. The molecule has 0 bridgehead atoms. The van der Waals surface area contributed by atoms with Crippen LogP contribution in [0.5, 0.6) is 0 Å². The molecule has 158 valence electrons. The third kappa shape index (κ3) is 4.94. The summed E-state index contributed by atoms with van der Waals surface area (Å²) in [4.78, 5) is 27.0. The summed E-state index contributed by atoms with van der Waals surface area (Å²) < 4.78 is 0.891. The molecule has 3 aromatic carbocycles. The highest BCUT2D eigenvalue weighted by Gasteiger charge is 2.35. The second kappa shape index (κ2) is 9.16. The molecule has 0 radical (unpaired) electrons. The number of halogens is 1. The quantitative estimate of drug-likeness (QED) is 0.434. The van der Waals surface area contributed by atoms with E-state index < -0.39 is 0 Å². The zero-order chi connectivity index (χ0) is 22.0. The van der Waals surface area contributed by atoms with E-state index in [2.05, 4.69) is 38.7 Å². The van der Waals surface area contributed by atoms with Gasteiger partial charge in [0.2, 0.25) is 5.91 Å². The minimum Gasteiger partial charge on any atom is -0.308 e. The fourth-order valence-electron chi connectivity index (χ4n) is 3.54. The molecule has 1 atom stereocenters. The summed E-state index contributed by atoms with van der Waals surface area (Å²) in [7, 11) is 0. The van der Waals surface area contributed by atoms with Gasteiger partial charge < -0.3 is 10.6 Å². The molecule has 1 aliphatic rings. The molecule has 3 amide bonds. The van der Waals surface area contributed by atoms with Crippen molar-refractivity contribution in [2.45, 2.75) is 19.2 Å². The molecule has 0 aromatic heterocycles. The number of hydrogen-bond donors (Lipinski definition) is 2. The maximum Gasteiger partial charge on any atom is 0.323 e. The van der Waals surface area contributed by atoms with E-state index in [9.17, 15) is 9.59 Å². The summed E-state index contributed by atoms with van der Waals surface area (Å²) in [5, 5.41) is 5.57. The molecule has 1 unspecified atom stereocenters. The average Bonchev–Trinajstić information content (AvgIpc) is 3.11. The number of anilines is 3. The van der Waals surface area contributed by atoms with Crippen LogP contribution in [0, 0.1) is 13.8 Å². The van der Waals surface area contributed by atoms with Crippen molar-refractivity contribution in [2.24, 2.45) is 0 Å². The van der Waals surface area contributed by atoms with Gasteiger partial charge in [-0.15, -0.1) is 11.8 Å². The van der Waals surface area contributed by atoms with Gasteiger partial charge in [-0.1, -0.05) is 46.3 Å². The molecular formula is C24H22BrN3O2S. The molecule has 2 N–H and O–H groups in total. The van der Waals surface area contributed by atoms with Crippen LogP contribution >= 0.6 is 27.7 Å². The summed E-state index contributed by atoms with van der Waals surface area (Å²) in [5.41, 5.74) is 5.45. The lowest BCUT2D eigenvalue weighted by molar-refractivity contribution is -0.115. The highest BCUT2D eigenvalue weighted by Crippen LogP contribution is 2.43. The third-order valence-electron chi connectivity index (χ3n) is 5.00. The van der Waals surface area contributed by atoms with Gasteiger partial charge in [0, 0.05) is 21.5 Å². The fourth-order valence-corrected chi connectivity index (χ4v) is 5.10. The van der Waals surface area contributed by atoms with E-state index in [-0.39, 0.29) is 17.3 Å². The van der Waals surface area contributed by atoms with Gasteiger partial charge in [-0.05, 0) is 66.9 Å². The normalized spacial score (nSPS) is 15.8. The molecule has 0 saturated carbocycles. The third-order valence-corrected chi connectivity index (χ3v) is 6.71. The van der Waals surface area contributed by atoms with Crippen molar-refractivity contribution in [3.63, 3.8) is 0 Å². The summed E-state index contributed by atoms with van der Waals surface area (Å²) >= 11 is 4.99. The Morgan fingerprint density at radius 2 is 1.71 bits per heavy atom. The molecule has 3 aromatic rings. The smallest absolute Gasteiger partial charge is 0.308 e. The lowest BCUT2D eigenvalue weighted by Crippen LogP contribution is -2.28. The lowest BCUT2D eigenvalue weighted by atomic mass is 10.1. The number of carbonyl (C=O) groups is 2. The van der Waals surface area contributed by atoms with Crippen LogP contribution in [0.3, 0.4) is 0 Å². The predicted molar refractivity (Wildman–Crippen MR) is 132 cm³/mol. The van der Waals surface area contributed by atoms with Crippen LogP contribution < -0.4 is 15.5 Å². The van der Waals surface area contributed by atoms with Crippen LogP contribution in [0.4, 0.5) is 21.9 Å². The van der Waals surface area contributed by atoms with Crippen LogP contribution in [0.25, 0.3) is 0 Å². The van der Waals surface area contributed by atoms with Crippen molar-refractivity contribution >= 4 is 56.7 Å². The first kappa shape index (κ1) is 21.5. The summed E-state index contributed by atoms with van der Waals surface area (Å²) in [6.45, 7) is 4.05. The summed E-state index contributed by atoms with van der Waals surface area (Å²) in [6, 6.07) is 20.9. The van der Waals surface area contributed by atoms with Crippen LogP contribution in [0.1, 0.15) is 22.1 Å². The summed E-state index contributed by atoms with van der Waals surface area (Å²) in [6.07, 6.45) is 0. The maximum atomic E-state index is 12.7. The molecule has 4 rings (SSSR count). The van der Waals surface area contributed by atoms with Crippen molar-refractivity contribution in [1.29, 1.82) is 0 Å². The Morgan fingerprint density at radius 3 is 2.45 bits per heavy atom. The van der Waals surface area contributed by atoms with Crippen LogP contribution in [0.2, 0.25) is 0 Å². The topological polar surface area (TPSA) is 61.4 Å². The second-order valence-electron chi connectivity index (χ2n) is 7.43. The van der Waals surface area contributed by atoms with Crippen molar-refractivity contribution in [2.75, 3.05) is 21.3 Å². The largest absolute Gasteiger partial charge is 0.323 e. The van der Waals surface area contributed by atoms with E-state index in [1.54, 1.807) is 11.8 Å². The van der Waals surface area contributed by atoms with E-state index in [1.165, 1.54) is 0 Å². The average molecular weight is 496 g/mol. The molecule has 0 aliphatic carbocycles. The number of carbonyl (C=O) groups excluding carboxylic acids is 2. The highest BCUT2D eigenvalue weighted by atomic mass is 79.9. The minimum absolute atomic E-state index is 0.0921. The number of thioether (sulfide) groups is 1. The van der Waals surface area contributed by atoms with Crippen LogP contribution in [-0.4, -0.2) is 17.7 Å². The number of urea groups is 1. The molecule has 1 heterocycles. The number of aryl methyl sites for hydroxylation is 2. The van der Waals surface area contributed by atoms with E-state index in [0.717, 1.165) is 26.9 Å². The SMILES string of the molecule is Cc1ccc(C)c(N2C(=O)CSC2c2cccc(NC(=O)Nc3cccc(Br)c3)c2)c1. The molecule has 0 spiro atoms. The van der Waals surface area contributed by atoms with Gasteiger partial charge in [-0.3, -0.25) is 9.69 Å². The van der Waals surface area contributed by atoms with Gasteiger partial charge in [-0.2, -0.15) is 0 Å². The van der Waals surface area contributed by atoms with Crippen molar-refractivity contribution in [3.8, 4) is 0 Å². The standard InChI is InChI=1S/C24H22BrN3O2S/c1-15-9-10-16(2)21(11-15)28-22(29)14-31-23(28)17-5-3-7-19(12-17)26-24(30)27-20-8-4-6-18(25)13-20/h3-13,23H,14H2,1-2H3,(H2,26,27,30). The van der Waals surface area contributed by atoms with Crippen molar-refractivity contribution < 1.29 is 9.59 Å². The molecular weight excluding hydrogens is 474 g/mol. The Kier molecular flexibility index (Phi) is 6.34. The highest BCUT2D eigenvalue weighted by molar-refractivity contribution is 9.10. The minimum atomic E-state index is -0.322. The monoisotopic (exact) mass is 495 g/mol. The van der Waals surface area contributed by atoms with Gasteiger partial charge >= 0.3 is 6.03 Å². The first-order valence-corrected chi connectivity index (χ1v) is 11.7. The molecule has 5 nitrogen and oxygen atoms in total. The van der Waals surface area contributed by atoms with Crippen LogP contribution in [-0.2, 0) is 4.79 Å². The van der Waals surface area contributed by atoms with Crippen molar-refractivity contribution in [1.82, 2.24) is 0 Å². The van der Waals surface area contributed by atoms with Crippen LogP contribution in [0.15, 0.2) is 71.2 Å². The Balaban J connectivity index is 1.55. The number of nitrogens with one attached hydrogen (secondary N) is 2. The van der Waals surface area contributed by atoms with Gasteiger partial charge in [0.1, 0.15) is 5.37 Å². The van der Waals surface area contributed by atoms with Gasteiger partial charge in [0.25, 0.3) is 0 Å². The van der Waals surface area contributed by atoms with Gasteiger partial charge in [-0.25, -0.2) is 4.79 Å². The summed E-state index contributed by atoms with van der Waals surface area (Å²) in [5.74, 6) is 0.522. The lowest BCUT2D eigenvalue weighted by Gasteiger charge is -2.26. The maximum absolute atomic E-state index is 12.7. The predicted octanol–water partition coefficient (Wildman–Crippen LogP) is 6.49. The number of hydrogen-bond acceptors (Lipinski definition) is 3. The van der Waals surface area contributed by atoms with E-state index in [4.69, 9.17) is 0 Å². The zero-order valence-corrected chi connectivity index (χ0v) is 19.6. The second-order valence-corrected chi connectivity index (χ2v) is 9.42. The van der Waals surface area contributed by atoms with Crippen molar-refractivity contribution in [3.05, 3.63) is 87.9 Å². The molecule has 7 heteroatoms. The number of amides is 3. The molecule has 1 fully saturated rings. The first-order valence-electron chi connectivity index (χ1n) is 9.85. The Labute approximate surface area is 194 Å². The number of nitrogens with zero attached hydrogens (tertiary/aromatic N) is 1. The number of rotatable bonds is 4. The van der Waals surface area contributed by atoms with E-state index in [0.29, 0.717) is 17.1 Å². The fraction of sp³-hybridized carbons (Fsp3) is 0.167. The van der Waals surface area contributed by atoms with Gasteiger partial charge in [0.15, 0.2) is 0 Å². The molecule has 1 aliphatic heterocycles. The Bertz CT molecular complexity index is 1150. The van der Waals surface area contributed by atoms with Gasteiger partial charge in [0.05, 0.1) is 5.75 Å².